The highest BCUT2D eigenvalue weighted by molar-refractivity contribution is 7.99. The minimum absolute atomic E-state index is 0.292. The van der Waals surface area contributed by atoms with E-state index in [1.807, 2.05) is 0 Å². The minimum atomic E-state index is -0.982. The van der Waals surface area contributed by atoms with Gasteiger partial charge < -0.3 is 10.4 Å². The van der Waals surface area contributed by atoms with Gasteiger partial charge in [-0.1, -0.05) is 25.7 Å². The number of carboxylic acids is 1. The van der Waals surface area contributed by atoms with Gasteiger partial charge in [0.05, 0.1) is 0 Å². The van der Waals surface area contributed by atoms with E-state index in [9.17, 15) is 9.59 Å². The summed E-state index contributed by atoms with van der Waals surface area (Å²) in [5, 5.41) is 11.3. The molecule has 4 nitrogen and oxygen atoms in total. The minimum Gasteiger partial charge on any atom is -0.480 e. The molecule has 0 bridgehead atoms. The lowest BCUT2D eigenvalue weighted by Crippen LogP contribution is -2.41. The second-order valence-corrected chi connectivity index (χ2v) is 12.1. The highest BCUT2D eigenvalue weighted by Crippen LogP contribution is 2.14. The summed E-state index contributed by atoms with van der Waals surface area (Å²) in [5.41, 5.74) is 0. The number of carbonyl (C=O) groups excluding carboxylic acids is 1. The molecular formula is C11H23NO3SSi. The van der Waals surface area contributed by atoms with Crippen molar-refractivity contribution in [3.63, 3.8) is 0 Å². The van der Waals surface area contributed by atoms with Crippen LogP contribution in [0.5, 0.6) is 0 Å². The molecule has 0 aliphatic heterocycles. The van der Waals surface area contributed by atoms with Gasteiger partial charge in [0.1, 0.15) is 6.04 Å². The molecule has 1 amide bonds. The number of thioether (sulfide) groups is 1. The highest BCUT2D eigenvalue weighted by Gasteiger charge is 2.18. The molecular weight excluding hydrogens is 254 g/mol. The van der Waals surface area contributed by atoms with Crippen LogP contribution >= 0.6 is 11.8 Å². The van der Waals surface area contributed by atoms with Crippen molar-refractivity contribution < 1.29 is 14.7 Å². The number of rotatable bonds is 8. The van der Waals surface area contributed by atoms with Crippen LogP contribution < -0.4 is 5.32 Å². The van der Waals surface area contributed by atoms with Crippen LogP contribution in [0.1, 0.15) is 13.3 Å². The summed E-state index contributed by atoms with van der Waals surface area (Å²) in [7, 11) is -0.982. The molecule has 1 atom stereocenters. The lowest BCUT2D eigenvalue weighted by molar-refractivity contribution is -0.140. The third kappa shape index (κ3) is 10.4. The second-order valence-electron chi connectivity index (χ2n) is 5.33. The summed E-state index contributed by atoms with van der Waals surface area (Å²) < 4.78 is 0. The molecule has 0 saturated heterocycles. The van der Waals surface area contributed by atoms with E-state index in [2.05, 4.69) is 25.0 Å². The Balaban J connectivity index is 3.76. The molecule has 0 saturated carbocycles. The van der Waals surface area contributed by atoms with E-state index in [1.54, 1.807) is 11.8 Å². The molecule has 6 heteroatoms. The molecule has 17 heavy (non-hydrogen) atoms. The zero-order chi connectivity index (χ0) is 13.5. The van der Waals surface area contributed by atoms with Crippen LogP contribution in [-0.2, 0) is 9.59 Å². The first kappa shape index (κ1) is 16.5. The van der Waals surface area contributed by atoms with Crippen LogP contribution in [0, 0.1) is 0 Å². The average Bonchev–Trinajstić information content (AvgIpc) is 2.12. The van der Waals surface area contributed by atoms with Gasteiger partial charge in [-0.25, -0.2) is 4.79 Å². The van der Waals surface area contributed by atoms with E-state index in [4.69, 9.17) is 5.11 Å². The van der Waals surface area contributed by atoms with E-state index >= 15 is 0 Å². The van der Waals surface area contributed by atoms with E-state index < -0.39 is 20.1 Å². The molecule has 0 aromatic carbocycles. The lowest BCUT2D eigenvalue weighted by atomic mass is 10.3. The fourth-order valence-electron chi connectivity index (χ4n) is 1.33. The van der Waals surface area contributed by atoms with Crippen molar-refractivity contribution >= 4 is 31.7 Å². The number of hydrogen-bond acceptors (Lipinski definition) is 3. The Hall–Kier alpha value is -0.493. The SMILES string of the molecule is CC(=O)N[C@@H](CSCCC[Si](C)(C)C)C(=O)O. The fraction of sp³-hybridized carbons (Fsp3) is 0.818. The van der Waals surface area contributed by atoms with Crippen LogP contribution in [-0.4, -0.2) is 42.6 Å². The molecule has 0 aliphatic carbocycles. The Morgan fingerprint density at radius 3 is 2.35 bits per heavy atom. The number of hydrogen-bond donors (Lipinski definition) is 2. The van der Waals surface area contributed by atoms with Gasteiger partial charge in [0.25, 0.3) is 0 Å². The number of carboxylic acid groups (broad SMARTS) is 1. The Kier molecular flexibility index (Phi) is 7.54. The molecule has 0 unspecified atom stereocenters. The van der Waals surface area contributed by atoms with E-state index in [0.717, 1.165) is 12.2 Å². The summed E-state index contributed by atoms with van der Waals surface area (Å²) in [4.78, 5) is 21.6. The first-order valence-corrected chi connectivity index (χ1v) is 10.7. The average molecular weight is 277 g/mol. The molecule has 0 aromatic heterocycles. The predicted octanol–water partition coefficient (Wildman–Crippen LogP) is 2.04. The summed E-state index contributed by atoms with van der Waals surface area (Å²) >= 11 is 1.60. The molecule has 0 fully saturated rings. The normalized spacial score (nSPS) is 13.2. The van der Waals surface area contributed by atoms with Crippen molar-refractivity contribution in [1.29, 1.82) is 0 Å². The standard InChI is InChI=1S/C11H23NO3SSi/c1-9(13)12-10(11(14)15)8-16-6-5-7-17(2,3)4/h10H,5-8H2,1-4H3,(H,12,13)(H,14,15)/t10-/m0/s1. The van der Waals surface area contributed by atoms with Gasteiger partial charge >= 0.3 is 5.97 Å². The topological polar surface area (TPSA) is 66.4 Å². The van der Waals surface area contributed by atoms with E-state index in [-0.39, 0.29) is 5.91 Å². The van der Waals surface area contributed by atoms with Gasteiger partial charge in [-0.05, 0) is 12.2 Å². The summed E-state index contributed by atoms with van der Waals surface area (Å²) in [5.74, 6) is 0.159. The molecule has 0 heterocycles. The first-order chi connectivity index (χ1) is 7.72. The second kappa shape index (κ2) is 7.76. The maximum absolute atomic E-state index is 10.8. The van der Waals surface area contributed by atoms with Gasteiger partial charge in [-0.2, -0.15) is 11.8 Å². The van der Waals surface area contributed by atoms with Crippen LogP contribution in [0.4, 0.5) is 0 Å². The molecule has 0 spiro atoms. The highest BCUT2D eigenvalue weighted by atomic mass is 32.2. The zero-order valence-electron chi connectivity index (χ0n) is 11.1. The number of amides is 1. The lowest BCUT2D eigenvalue weighted by Gasteiger charge is -2.16. The number of aliphatic carboxylic acids is 1. The van der Waals surface area contributed by atoms with Crippen molar-refractivity contribution in [3.05, 3.63) is 0 Å². The van der Waals surface area contributed by atoms with Crippen molar-refractivity contribution in [1.82, 2.24) is 5.32 Å². The largest absolute Gasteiger partial charge is 0.480 e. The molecule has 0 aromatic rings. The van der Waals surface area contributed by atoms with E-state index in [1.165, 1.54) is 13.0 Å². The van der Waals surface area contributed by atoms with Crippen LogP contribution in [0.2, 0.25) is 25.7 Å². The Labute approximate surface area is 109 Å². The Morgan fingerprint density at radius 2 is 1.94 bits per heavy atom. The monoisotopic (exact) mass is 277 g/mol. The van der Waals surface area contributed by atoms with Gasteiger partial charge in [0.15, 0.2) is 0 Å². The van der Waals surface area contributed by atoms with Gasteiger partial charge in [0.2, 0.25) is 5.91 Å². The third-order valence-electron chi connectivity index (χ3n) is 2.18. The molecule has 2 N–H and O–H groups in total. The van der Waals surface area contributed by atoms with Crippen LogP contribution in [0.15, 0.2) is 0 Å². The summed E-state index contributed by atoms with van der Waals surface area (Å²) in [6.45, 7) is 8.32. The van der Waals surface area contributed by atoms with Crippen molar-refractivity contribution in [3.8, 4) is 0 Å². The maximum atomic E-state index is 10.8. The van der Waals surface area contributed by atoms with Gasteiger partial charge in [-0.15, -0.1) is 0 Å². The quantitative estimate of drug-likeness (QED) is 0.526. The van der Waals surface area contributed by atoms with E-state index in [0.29, 0.717) is 5.75 Å². The van der Waals surface area contributed by atoms with Crippen molar-refractivity contribution in [2.45, 2.75) is 45.1 Å². The van der Waals surface area contributed by atoms with Crippen molar-refractivity contribution in [2.24, 2.45) is 0 Å². The number of carbonyl (C=O) groups is 2. The summed E-state index contributed by atoms with van der Waals surface area (Å²) in [6.07, 6.45) is 1.13. The Morgan fingerprint density at radius 1 is 1.35 bits per heavy atom. The predicted molar refractivity (Wildman–Crippen MR) is 75.3 cm³/mol. The van der Waals surface area contributed by atoms with Crippen LogP contribution in [0.3, 0.4) is 0 Å². The first-order valence-electron chi connectivity index (χ1n) is 5.80. The molecule has 0 aliphatic rings. The van der Waals surface area contributed by atoms with Gasteiger partial charge in [-0.3, -0.25) is 4.79 Å². The summed E-state index contributed by atoms with van der Waals surface area (Å²) in [6, 6.07) is 0.502. The number of nitrogens with one attached hydrogen (secondary N) is 1. The third-order valence-corrected chi connectivity index (χ3v) is 5.18. The molecule has 0 radical (unpaired) electrons. The zero-order valence-corrected chi connectivity index (χ0v) is 12.9. The maximum Gasteiger partial charge on any atom is 0.327 e. The Bertz CT molecular complexity index is 266. The smallest absolute Gasteiger partial charge is 0.327 e. The van der Waals surface area contributed by atoms with Gasteiger partial charge in [0, 0.05) is 20.8 Å². The molecule has 100 valence electrons. The molecule has 0 rings (SSSR count). The van der Waals surface area contributed by atoms with Crippen molar-refractivity contribution in [2.75, 3.05) is 11.5 Å². The fourth-order valence-corrected chi connectivity index (χ4v) is 3.80. The van der Waals surface area contributed by atoms with Crippen LogP contribution in [0.25, 0.3) is 0 Å².